The first-order valence-corrected chi connectivity index (χ1v) is 9.16. The molecule has 1 heterocycles. The Kier molecular flexibility index (Phi) is 7.90. The van der Waals surface area contributed by atoms with Crippen LogP contribution >= 0.6 is 0 Å². The second kappa shape index (κ2) is 8.89. The molecule has 0 radical (unpaired) electrons. The predicted octanol–water partition coefficient (Wildman–Crippen LogP) is 0.780. The Morgan fingerprint density at radius 1 is 1.26 bits per heavy atom. The molecular weight excluding hydrogens is 262 g/mol. The number of sulfonamides is 1. The maximum atomic E-state index is 11.9. The SMILES string of the molecule is CCCNCCCS(=O)(=O)NCC1CCCN1CC. The van der Waals surface area contributed by atoms with Crippen LogP contribution in [0.2, 0.25) is 0 Å². The second-order valence-corrected chi connectivity index (χ2v) is 7.12. The number of nitrogens with zero attached hydrogens (tertiary/aromatic N) is 1. The molecule has 5 nitrogen and oxygen atoms in total. The van der Waals surface area contributed by atoms with Gasteiger partial charge in [0.05, 0.1) is 5.75 Å². The minimum absolute atomic E-state index is 0.225. The number of likely N-dealkylation sites (N-methyl/N-ethyl adjacent to an activating group) is 1. The summed E-state index contributed by atoms with van der Waals surface area (Å²) in [7, 11) is -3.10. The van der Waals surface area contributed by atoms with Crippen molar-refractivity contribution in [3.05, 3.63) is 0 Å². The quantitative estimate of drug-likeness (QED) is 0.584. The van der Waals surface area contributed by atoms with Crippen LogP contribution in [0.25, 0.3) is 0 Å². The van der Waals surface area contributed by atoms with Gasteiger partial charge < -0.3 is 5.32 Å². The third kappa shape index (κ3) is 6.70. The molecule has 0 aromatic rings. The lowest BCUT2D eigenvalue weighted by molar-refractivity contribution is 0.268. The van der Waals surface area contributed by atoms with Gasteiger partial charge in [-0.15, -0.1) is 0 Å². The maximum Gasteiger partial charge on any atom is 0.211 e. The molecular formula is C13H29N3O2S. The van der Waals surface area contributed by atoms with Crippen LogP contribution in [0.3, 0.4) is 0 Å². The molecule has 1 unspecified atom stereocenters. The number of likely N-dealkylation sites (tertiary alicyclic amines) is 1. The van der Waals surface area contributed by atoms with E-state index in [1.165, 1.54) is 6.42 Å². The molecule has 2 N–H and O–H groups in total. The zero-order valence-corrected chi connectivity index (χ0v) is 13.1. The van der Waals surface area contributed by atoms with Crippen LogP contribution in [-0.4, -0.2) is 57.8 Å². The van der Waals surface area contributed by atoms with E-state index < -0.39 is 10.0 Å². The lowest BCUT2D eigenvalue weighted by Crippen LogP contribution is -2.40. The molecule has 0 aromatic carbocycles. The summed E-state index contributed by atoms with van der Waals surface area (Å²) in [4.78, 5) is 2.35. The average molecular weight is 291 g/mol. The molecule has 1 saturated heterocycles. The molecule has 1 fully saturated rings. The van der Waals surface area contributed by atoms with Gasteiger partial charge in [-0.2, -0.15) is 0 Å². The first kappa shape index (κ1) is 16.9. The summed E-state index contributed by atoms with van der Waals surface area (Å²) >= 11 is 0. The summed E-state index contributed by atoms with van der Waals surface area (Å²) in [6.45, 7) is 8.65. The Morgan fingerprint density at radius 2 is 2.05 bits per heavy atom. The van der Waals surface area contributed by atoms with Gasteiger partial charge in [-0.3, -0.25) is 4.90 Å². The van der Waals surface area contributed by atoms with Crippen molar-refractivity contribution in [3.63, 3.8) is 0 Å². The molecule has 1 aliphatic rings. The summed E-state index contributed by atoms with van der Waals surface area (Å²) in [5.41, 5.74) is 0. The number of hydrogen-bond acceptors (Lipinski definition) is 4. The Hall–Kier alpha value is -0.170. The van der Waals surface area contributed by atoms with Crippen molar-refractivity contribution < 1.29 is 8.42 Å². The van der Waals surface area contributed by atoms with Gasteiger partial charge in [-0.05, 0) is 51.9 Å². The summed E-state index contributed by atoms with van der Waals surface area (Å²) in [5.74, 6) is 0.225. The lowest BCUT2D eigenvalue weighted by atomic mass is 10.2. The first-order valence-electron chi connectivity index (χ1n) is 7.51. The van der Waals surface area contributed by atoms with Gasteiger partial charge in [0.25, 0.3) is 0 Å². The lowest BCUT2D eigenvalue weighted by Gasteiger charge is -2.22. The van der Waals surface area contributed by atoms with E-state index in [2.05, 4.69) is 28.8 Å². The Morgan fingerprint density at radius 3 is 2.74 bits per heavy atom. The minimum Gasteiger partial charge on any atom is -0.317 e. The van der Waals surface area contributed by atoms with E-state index in [4.69, 9.17) is 0 Å². The van der Waals surface area contributed by atoms with Gasteiger partial charge in [-0.1, -0.05) is 13.8 Å². The molecule has 0 aliphatic carbocycles. The van der Waals surface area contributed by atoms with Gasteiger partial charge in [0.15, 0.2) is 0 Å². The molecule has 0 bridgehead atoms. The molecule has 0 amide bonds. The molecule has 6 heteroatoms. The molecule has 0 spiro atoms. The second-order valence-electron chi connectivity index (χ2n) is 5.20. The fraction of sp³-hybridized carbons (Fsp3) is 1.00. The summed E-state index contributed by atoms with van der Waals surface area (Å²) < 4.78 is 26.5. The standard InChI is InChI=1S/C13H29N3O2S/c1-3-8-14-9-6-11-19(17,18)15-12-13-7-5-10-16(13)4-2/h13-15H,3-12H2,1-2H3. The Labute approximate surface area is 118 Å². The van der Waals surface area contributed by atoms with E-state index >= 15 is 0 Å². The first-order chi connectivity index (χ1) is 9.09. The van der Waals surface area contributed by atoms with Crippen LogP contribution in [0.15, 0.2) is 0 Å². The summed E-state index contributed by atoms with van der Waals surface area (Å²) in [6.07, 6.45) is 4.05. The van der Waals surface area contributed by atoms with Gasteiger partial charge >= 0.3 is 0 Å². The molecule has 1 atom stereocenters. The van der Waals surface area contributed by atoms with Crippen LogP contribution in [0, 0.1) is 0 Å². The number of rotatable bonds is 10. The molecule has 1 aliphatic heterocycles. The average Bonchev–Trinajstić information content (AvgIpc) is 2.83. The Balaban J connectivity index is 2.19. The largest absolute Gasteiger partial charge is 0.317 e. The van der Waals surface area contributed by atoms with Crippen molar-refractivity contribution in [2.75, 3.05) is 38.5 Å². The highest BCUT2D eigenvalue weighted by Crippen LogP contribution is 2.15. The summed E-state index contributed by atoms with van der Waals surface area (Å²) in [6, 6.07) is 0.387. The third-order valence-electron chi connectivity index (χ3n) is 3.64. The van der Waals surface area contributed by atoms with Crippen molar-refractivity contribution in [3.8, 4) is 0 Å². The normalized spacial score (nSPS) is 21.1. The topological polar surface area (TPSA) is 61.4 Å². The van der Waals surface area contributed by atoms with E-state index in [0.717, 1.165) is 39.0 Å². The molecule has 1 rings (SSSR count). The van der Waals surface area contributed by atoms with Crippen LogP contribution in [-0.2, 0) is 10.0 Å². The molecule has 0 saturated carbocycles. The van der Waals surface area contributed by atoms with Crippen molar-refractivity contribution in [1.82, 2.24) is 14.9 Å². The summed E-state index contributed by atoms with van der Waals surface area (Å²) in [5, 5.41) is 3.22. The monoisotopic (exact) mass is 291 g/mol. The smallest absolute Gasteiger partial charge is 0.211 e. The highest BCUT2D eigenvalue weighted by Gasteiger charge is 2.24. The van der Waals surface area contributed by atoms with Crippen molar-refractivity contribution >= 4 is 10.0 Å². The van der Waals surface area contributed by atoms with Crippen molar-refractivity contribution in [1.29, 1.82) is 0 Å². The molecule has 0 aromatic heterocycles. The van der Waals surface area contributed by atoms with E-state index in [0.29, 0.717) is 19.0 Å². The Bertz CT molecular complexity index is 333. The zero-order valence-electron chi connectivity index (χ0n) is 12.3. The van der Waals surface area contributed by atoms with Gasteiger partial charge in [0, 0.05) is 12.6 Å². The van der Waals surface area contributed by atoms with E-state index in [1.54, 1.807) is 0 Å². The van der Waals surface area contributed by atoms with Gasteiger partial charge in [-0.25, -0.2) is 13.1 Å². The molecule has 114 valence electrons. The van der Waals surface area contributed by atoms with Crippen LogP contribution in [0.5, 0.6) is 0 Å². The van der Waals surface area contributed by atoms with E-state index in [9.17, 15) is 8.42 Å². The maximum absolute atomic E-state index is 11.9. The van der Waals surface area contributed by atoms with Crippen molar-refractivity contribution in [2.45, 2.75) is 45.6 Å². The van der Waals surface area contributed by atoms with E-state index in [1.807, 2.05) is 0 Å². The highest BCUT2D eigenvalue weighted by atomic mass is 32.2. The van der Waals surface area contributed by atoms with Crippen LogP contribution < -0.4 is 10.0 Å². The number of nitrogens with one attached hydrogen (secondary N) is 2. The highest BCUT2D eigenvalue weighted by molar-refractivity contribution is 7.89. The van der Waals surface area contributed by atoms with Crippen LogP contribution in [0.1, 0.15) is 39.5 Å². The van der Waals surface area contributed by atoms with Crippen molar-refractivity contribution in [2.24, 2.45) is 0 Å². The van der Waals surface area contributed by atoms with Gasteiger partial charge in [0.1, 0.15) is 0 Å². The predicted molar refractivity (Wildman–Crippen MR) is 79.8 cm³/mol. The minimum atomic E-state index is -3.10. The fourth-order valence-electron chi connectivity index (χ4n) is 2.53. The van der Waals surface area contributed by atoms with Gasteiger partial charge in [0.2, 0.25) is 10.0 Å². The third-order valence-corrected chi connectivity index (χ3v) is 5.07. The van der Waals surface area contributed by atoms with Crippen LogP contribution in [0.4, 0.5) is 0 Å². The van der Waals surface area contributed by atoms with E-state index in [-0.39, 0.29) is 5.75 Å². The molecule has 19 heavy (non-hydrogen) atoms. The zero-order chi connectivity index (χ0) is 14.1. The fourth-order valence-corrected chi connectivity index (χ4v) is 3.64. The number of hydrogen-bond donors (Lipinski definition) is 2.